The summed E-state index contributed by atoms with van der Waals surface area (Å²) in [6.45, 7) is 4.78. The second-order valence-corrected chi connectivity index (χ2v) is 8.51. The molecule has 0 saturated heterocycles. The highest BCUT2D eigenvalue weighted by molar-refractivity contribution is 7.15. The van der Waals surface area contributed by atoms with Gasteiger partial charge in [-0.15, -0.1) is 11.3 Å². The Bertz CT molecular complexity index is 1180. The first-order valence-corrected chi connectivity index (χ1v) is 11.5. The predicted octanol–water partition coefficient (Wildman–Crippen LogP) is 5.39. The van der Waals surface area contributed by atoms with Gasteiger partial charge in [-0.3, -0.25) is 4.79 Å². The van der Waals surface area contributed by atoms with E-state index in [1.165, 1.54) is 11.3 Å². The van der Waals surface area contributed by atoms with E-state index in [0.717, 1.165) is 10.4 Å². The zero-order valence-corrected chi connectivity index (χ0v) is 19.5. The monoisotopic (exact) mass is 467 g/mol. The second-order valence-electron chi connectivity index (χ2n) is 7.46. The maximum atomic E-state index is 12.7. The molecule has 1 aliphatic rings. The third-order valence-corrected chi connectivity index (χ3v) is 6.74. The first kappa shape index (κ1) is 22.7. The summed E-state index contributed by atoms with van der Waals surface area (Å²) < 4.78 is 16.7. The number of rotatable bonds is 8. The molecule has 0 aliphatic carbocycles. The number of methoxy groups -OCH3 is 1. The standard InChI is InChI=1S/C25H25NO6S/c1-4-31-18-11-8-15(12-19(18)32-5-2)17-13-20(27)26-22-21(24(25(28)29)33-23(17)22)14-6-9-16(30-3)10-7-14/h6-12,17H,4-5,13H2,1-3H3,(H,26,27)(H,28,29). The molecular formula is C25H25NO6S. The number of hydrogen-bond acceptors (Lipinski definition) is 6. The number of hydrogen-bond donors (Lipinski definition) is 2. The van der Waals surface area contributed by atoms with Crippen molar-refractivity contribution in [2.75, 3.05) is 25.6 Å². The van der Waals surface area contributed by atoms with E-state index in [1.54, 1.807) is 31.4 Å². The SMILES string of the molecule is CCOc1ccc(C2CC(=O)Nc3c2sc(C(=O)O)c3-c2ccc(OC)cc2)cc1OCC. The minimum atomic E-state index is -1.03. The third-order valence-electron chi connectivity index (χ3n) is 5.45. The zero-order chi connectivity index (χ0) is 23.5. The van der Waals surface area contributed by atoms with Crippen LogP contribution in [0, 0.1) is 0 Å². The smallest absolute Gasteiger partial charge is 0.346 e. The Morgan fingerprint density at radius 2 is 1.79 bits per heavy atom. The molecule has 0 fully saturated rings. The summed E-state index contributed by atoms with van der Waals surface area (Å²) in [4.78, 5) is 25.9. The molecule has 7 nitrogen and oxygen atoms in total. The van der Waals surface area contributed by atoms with E-state index in [4.69, 9.17) is 14.2 Å². The Morgan fingerprint density at radius 1 is 1.09 bits per heavy atom. The predicted molar refractivity (Wildman–Crippen MR) is 127 cm³/mol. The molecule has 0 radical (unpaired) electrons. The molecule has 2 N–H and O–H groups in total. The van der Waals surface area contributed by atoms with Crippen molar-refractivity contribution >= 4 is 28.9 Å². The Morgan fingerprint density at radius 3 is 2.42 bits per heavy atom. The summed E-state index contributed by atoms with van der Waals surface area (Å²) in [6, 6.07) is 12.8. The zero-order valence-electron chi connectivity index (χ0n) is 18.6. The molecule has 172 valence electrons. The number of fused-ring (bicyclic) bond motifs is 1. The van der Waals surface area contributed by atoms with Gasteiger partial charge in [0.05, 0.1) is 26.0 Å². The van der Waals surface area contributed by atoms with Crippen molar-refractivity contribution in [2.24, 2.45) is 0 Å². The highest BCUT2D eigenvalue weighted by atomic mass is 32.1. The lowest BCUT2D eigenvalue weighted by atomic mass is 9.88. The first-order valence-electron chi connectivity index (χ1n) is 10.7. The molecule has 33 heavy (non-hydrogen) atoms. The highest BCUT2D eigenvalue weighted by Gasteiger charge is 2.34. The quantitative estimate of drug-likeness (QED) is 0.461. The molecule has 1 aromatic heterocycles. The van der Waals surface area contributed by atoms with Gasteiger partial charge in [0.1, 0.15) is 10.6 Å². The Labute approximate surface area is 195 Å². The number of carboxylic acids is 1. The number of ether oxygens (including phenoxy) is 3. The van der Waals surface area contributed by atoms with Crippen molar-refractivity contribution in [3.05, 3.63) is 57.8 Å². The first-order chi connectivity index (χ1) is 16.0. The topological polar surface area (TPSA) is 94.1 Å². The van der Waals surface area contributed by atoms with E-state index in [-0.39, 0.29) is 23.1 Å². The Hall–Kier alpha value is -3.52. The molecule has 3 aromatic rings. The highest BCUT2D eigenvalue weighted by Crippen LogP contribution is 2.50. The summed E-state index contributed by atoms with van der Waals surface area (Å²) >= 11 is 1.20. The number of anilines is 1. The van der Waals surface area contributed by atoms with Gasteiger partial charge < -0.3 is 24.6 Å². The number of carboxylic acid groups (broad SMARTS) is 1. The fourth-order valence-electron chi connectivity index (χ4n) is 4.02. The fraction of sp³-hybridized carbons (Fsp3) is 0.280. The van der Waals surface area contributed by atoms with E-state index in [0.29, 0.717) is 47.3 Å². The van der Waals surface area contributed by atoms with Crippen LogP contribution >= 0.6 is 11.3 Å². The molecule has 2 heterocycles. The number of thiophene rings is 1. The van der Waals surface area contributed by atoms with Gasteiger partial charge in [-0.05, 0) is 49.2 Å². The summed E-state index contributed by atoms with van der Waals surface area (Å²) in [5.41, 5.74) is 2.64. The van der Waals surface area contributed by atoms with Gasteiger partial charge in [0, 0.05) is 22.8 Å². The fourth-order valence-corrected chi connectivity index (χ4v) is 5.27. The van der Waals surface area contributed by atoms with E-state index < -0.39 is 5.97 Å². The summed E-state index contributed by atoms with van der Waals surface area (Å²) in [6.07, 6.45) is 0.216. The van der Waals surface area contributed by atoms with Gasteiger partial charge in [0.2, 0.25) is 5.91 Å². The van der Waals surface area contributed by atoms with Crippen molar-refractivity contribution in [1.82, 2.24) is 0 Å². The normalized spacial score (nSPS) is 14.9. The van der Waals surface area contributed by atoms with Crippen LogP contribution in [-0.2, 0) is 4.79 Å². The number of amides is 1. The molecule has 8 heteroatoms. The van der Waals surface area contributed by atoms with Crippen molar-refractivity contribution in [3.63, 3.8) is 0 Å². The van der Waals surface area contributed by atoms with Gasteiger partial charge in [0.15, 0.2) is 11.5 Å². The molecule has 2 aromatic carbocycles. The van der Waals surface area contributed by atoms with Crippen molar-refractivity contribution in [2.45, 2.75) is 26.2 Å². The van der Waals surface area contributed by atoms with E-state index in [1.807, 2.05) is 32.0 Å². The van der Waals surface area contributed by atoms with E-state index >= 15 is 0 Å². The van der Waals surface area contributed by atoms with Crippen LogP contribution in [0.5, 0.6) is 17.2 Å². The minimum absolute atomic E-state index is 0.163. The lowest BCUT2D eigenvalue weighted by molar-refractivity contribution is -0.116. The molecule has 1 aliphatic heterocycles. The number of carbonyl (C=O) groups is 2. The molecule has 0 bridgehead atoms. The number of benzene rings is 2. The van der Waals surface area contributed by atoms with Gasteiger partial charge in [0.25, 0.3) is 0 Å². The minimum Gasteiger partial charge on any atom is -0.497 e. The Kier molecular flexibility index (Phi) is 6.55. The summed E-state index contributed by atoms with van der Waals surface area (Å²) in [5, 5.41) is 12.9. The largest absolute Gasteiger partial charge is 0.497 e. The molecule has 1 amide bonds. The van der Waals surface area contributed by atoms with Crippen LogP contribution in [0.3, 0.4) is 0 Å². The van der Waals surface area contributed by atoms with Crippen LogP contribution in [-0.4, -0.2) is 37.3 Å². The van der Waals surface area contributed by atoms with Gasteiger partial charge >= 0.3 is 5.97 Å². The molecule has 0 spiro atoms. The van der Waals surface area contributed by atoms with Crippen molar-refractivity contribution in [1.29, 1.82) is 0 Å². The molecular weight excluding hydrogens is 442 g/mol. The molecule has 1 unspecified atom stereocenters. The number of nitrogens with one attached hydrogen (secondary N) is 1. The van der Waals surface area contributed by atoms with Crippen LogP contribution in [0.15, 0.2) is 42.5 Å². The van der Waals surface area contributed by atoms with Crippen LogP contribution < -0.4 is 19.5 Å². The van der Waals surface area contributed by atoms with Crippen LogP contribution in [0.25, 0.3) is 11.1 Å². The van der Waals surface area contributed by atoms with Crippen LogP contribution in [0.2, 0.25) is 0 Å². The average molecular weight is 468 g/mol. The van der Waals surface area contributed by atoms with Crippen LogP contribution in [0.4, 0.5) is 5.69 Å². The number of carbonyl (C=O) groups excluding carboxylic acids is 1. The summed E-state index contributed by atoms with van der Waals surface area (Å²) in [7, 11) is 1.57. The number of aromatic carboxylic acids is 1. The lowest BCUT2D eigenvalue weighted by Gasteiger charge is -2.24. The molecule has 1 atom stereocenters. The van der Waals surface area contributed by atoms with E-state index in [2.05, 4.69) is 5.32 Å². The maximum absolute atomic E-state index is 12.7. The molecule has 4 rings (SSSR count). The lowest BCUT2D eigenvalue weighted by Crippen LogP contribution is -2.22. The van der Waals surface area contributed by atoms with Gasteiger partial charge in [-0.2, -0.15) is 0 Å². The molecule has 0 saturated carbocycles. The second kappa shape index (κ2) is 9.54. The maximum Gasteiger partial charge on any atom is 0.346 e. The third kappa shape index (κ3) is 4.39. The van der Waals surface area contributed by atoms with E-state index in [9.17, 15) is 14.7 Å². The average Bonchev–Trinajstić information content (AvgIpc) is 3.19. The Balaban J connectivity index is 1.85. The van der Waals surface area contributed by atoms with Gasteiger partial charge in [-0.1, -0.05) is 18.2 Å². The van der Waals surface area contributed by atoms with Gasteiger partial charge in [-0.25, -0.2) is 4.79 Å². The van der Waals surface area contributed by atoms with Crippen molar-refractivity contribution in [3.8, 4) is 28.4 Å². The van der Waals surface area contributed by atoms with Crippen molar-refractivity contribution < 1.29 is 28.9 Å². The summed E-state index contributed by atoms with van der Waals surface area (Å²) in [5.74, 6) is 0.423. The van der Waals surface area contributed by atoms with Crippen LogP contribution in [0.1, 0.15) is 46.3 Å².